The molecule has 0 spiro atoms. The number of nitrogens with two attached hydrogens (primary N) is 1. The van der Waals surface area contributed by atoms with E-state index in [1.807, 2.05) is 19.1 Å². The second-order valence-corrected chi connectivity index (χ2v) is 6.11. The highest BCUT2D eigenvalue weighted by molar-refractivity contribution is 9.10. The number of hydrogen-bond acceptors (Lipinski definition) is 4. The predicted molar refractivity (Wildman–Crippen MR) is 83.6 cm³/mol. The molecule has 4 nitrogen and oxygen atoms in total. The third-order valence-corrected chi connectivity index (χ3v) is 4.23. The minimum Gasteiger partial charge on any atom is -0.496 e. The molecule has 0 saturated heterocycles. The molecule has 0 heterocycles. The molecule has 1 aromatic carbocycles. The van der Waals surface area contributed by atoms with Gasteiger partial charge in [-0.15, -0.1) is 0 Å². The van der Waals surface area contributed by atoms with Gasteiger partial charge in [-0.3, -0.25) is 11.3 Å². The van der Waals surface area contributed by atoms with Crippen LogP contribution in [0.15, 0.2) is 22.7 Å². The van der Waals surface area contributed by atoms with E-state index in [1.165, 1.54) is 12.8 Å². The van der Waals surface area contributed by atoms with Crippen molar-refractivity contribution in [1.29, 1.82) is 0 Å². The van der Waals surface area contributed by atoms with E-state index in [1.54, 1.807) is 7.11 Å². The Balaban J connectivity index is 2.14. The SMILES string of the molecule is CCOC(C1CC1)C(Cc1cc(Br)ccc1OC)NN. The van der Waals surface area contributed by atoms with Crippen molar-refractivity contribution in [1.82, 2.24) is 5.43 Å². The molecular formula is C15H23BrN2O2. The smallest absolute Gasteiger partial charge is 0.122 e. The van der Waals surface area contributed by atoms with E-state index in [0.717, 1.165) is 28.8 Å². The Kier molecular flexibility index (Phi) is 5.84. The summed E-state index contributed by atoms with van der Waals surface area (Å²) in [6, 6.07) is 6.14. The lowest BCUT2D eigenvalue weighted by Crippen LogP contribution is -2.47. The standard InChI is InChI=1S/C15H23BrN2O2/c1-3-20-15(10-4-5-10)13(18-17)9-11-8-12(16)6-7-14(11)19-2/h6-8,10,13,15,18H,3-5,9,17H2,1-2H3. The summed E-state index contributed by atoms with van der Waals surface area (Å²) in [7, 11) is 1.69. The number of nitrogens with one attached hydrogen (secondary N) is 1. The van der Waals surface area contributed by atoms with Gasteiger partial charge >= 0.3 is 0 Å². The van der Waals surface area contributed by atoms with Crippen molar-refractivity contribution in [2.75, 3.05) is 13.7 Å². The Labute approximate surface area is 129 Å². The largest absolute Gasteiger partial charge is 0.496 e. The maximum absolute atomic E-state index is 5.90. The van der Waals surface area contributed by atoms with Gasteiger partial charge in [0.05, 0.1) is 19.3 Å². The van der Waals surface area contributed by atoms with Gasteiger partial charge in [0.2, 0.25) is 0 Å². The van der Waals surface area contributed by atoms with E-state index in [4.69, 9.17) is 15.3 Å². The molecule has 20 heavy (non-hydrogen) atoms. The number of halogens is 1. The van der Waals surface area contributed by atoms with Gasteiger partial charge in [0.25, 0.3) is 0 Å². The molecule has 0 aromatic heterocycles. The highest BCUT2D eigenvalue weighted by Crippen LogP contribution is 2.37. The number of methoxy groups -OCH3 is 1. The molecule has 5 heteroatoms. The Morgan fingerprint density at radius 3 is 2.75 bits per heavy atom. The second kappa shape index (κ2) is 7.41. The first kappa shape index (κ1) is 15.8. The molecule has 0 aliphatic heterocycles. The lowest BCUT2D eigenvalue weighted by atomic mass is 9.98. The van der Waals surface area contributed by atoms with Crippen LogP contribution in [0.1, 0.15) is 25.3 Å². The van der Waals surface area contributed by atoms with Crippen LogP contribution in [-0.4, -0.2) is 25.9 Å². The van der Waals surface area contributed by atoms with Gasteiger partial charge in [0.1, 0.15) is 5.75 Å². The van der Waals surface area contributed by atoms with Crippen molar-refractivity contribution in [3.05, 3.63) is 28.2 Å². The summed E-state index contributed by atoms with van der Waals surface area (Å²) in [5.41, 5.74) is 4.07. The molecule has 2 rings (SSSR count). The molecule has 0 amide bonds. The molecule has 112 valence electrons. The zero-order chi connectivity index (χ0) is 14.5. The lowest BCUT2D eigenvalue weighted by Gasteiger charge is -2.27. The molecular weight excluding hydrogens is 320 g/mol. The topological polar surface area (TPSA) is 56.5 Å². The van der Waals surface area contributed by atoms with Crippen LogP contribution in [-0.2, 0) is 11.2 Å². The van der Waals surface area contributed by atoms with Gasteiger partial charge in [-0.25, -0.2) is 0 Å². The molecule has 3 N–H and O–H groups in total. The highest BCUT2D eigenvalue weighted by Gasteiger charge is 2.37. The normalized spacial score (nSPS) is 17.8. The third kappa shape index (κ3) is 3.95. The minimum atomic E-state index is 0.102. The molecule has 1 aliphatic carbocycles. The van der Waals surface area contributed by atoms with Gasteiger partial charge < -0.3 is 9.47 Å². The first-order valence-corrected chi connectivity index (χ1v) is 7.89. The fraction of sp³-hybridized carbons (Fsp3) is 0.600. The predicted octanol–water partition coefficient (Wildman–Crippen LogP) is 2.65. The van der Waals surface area contributed by atoms with Crippen molar-refractivity contribution in [2.24, 2.45) is 11.8 Å². The summed E-state index contributed by atoms with van der Waals surface area (Å²) in [5, 5.41) is 0. The van der Waals surface area contributed by atoms with Gasteiger partial charge in [-0.2, -0.15) is 0 Å². The van der Waals surface area contributed by atoms with Gasteiger partial charge in [0, 0.05) is 11.1 Å². The Morgan fingerprint density at radius 1 is 1.45 bits per heavy atom. The molecule has 1 aliphatic rings. The molecule has 1 aromatic rings. The summed E-state index contributed by atoms with van der Waals surface area (Å²) < 4.78 is 12.4. The summed E-state index contributed by atoms with van der Waals surface area (Å²) in [6.45, 7) is 2.75. The number of benzene rings is 1. The van der Waals surface area contributed by atoms with Crippen LogP contribution in [0.2, 0.25) is 0 Å². The van der Waals surface area contributed by atoms with Crippen LogP contribution in [0.25, 0.3) is 0 Å². The number of hydrazine groups is 1. The van der Waals surface area contributed by atoms with Crippen molar-refractivity contribution in [3.8, 4) is 5.75 Å². The molecule has 1 fully saturated rings. The molecule has 2 unspecified atom stereocenters. The zero-order valence-corrected chi connectivity index (χ0v) is 13.7. The third-order valence-electron chi connectivity index (χ3n) is 3.74. The average molecular weight is 343 g/mol. The quantitative estimate of drug-likeness (QED) is 0.563. The van der Waals surface area contributed by atoms with Crippen LogP contribution in [0.4, 0.5) is 0 Å². The van der Waals surface area contributed by atoms with E-state index >= 15 is 0 Å². The first-order chi connectivity index (χ1) is 9.69. The molecule has 0 radical (unpaired) electrons. The summed E-state index contributed by atoms with van der Waals surface area (Å²) in [4.78, 5) is 0. The Hall–Kier alpha value is -0.620. The fourth-order valence-electron chi connectivity index (χ4n) is 2.61. The van der Waals surface area contributed by atoms with Crippen molar-refractivity contribution < 1.29 is 9.47 Å². The van der Waals surface area contributed by atoms with Crippen LogP contribution >= 0.6 is 15.9 Å². The highest BCUT2D eigenvalue weighted by atomic mass is 79.9. The lowest BCUT2D eigenvalue weighted by molar-refractivity contribution is 0.0191. The van der Waals surface area contributed by atoms with Crippen molar-refractivity contribution in [3.63, 3.8) is 0 Å². The van der Waals surface area contributed by atoms with Crippen molar-refractivity contribution >= 4 is 15.9 Å². The summed E-state index contributed by atoms with van der Waals surface area (Å²) in [5.74, 6) is 7.29. The van der Waals surface area contributed by atoms with Gasteiger partial charge in [-0.05, 0) is 55.9 Å². The maximum atomic E-state index is 5.90. The first-order valence-electron chi connectivity index (χ1n) is 7.09. The minimum absolute atomic E-state index is 0.102. The monoisotopic (exact) mass is 342 g/mol. The summed E-state index contributed by atoms with van der Waals surface area (Å²) >= 11 is 3.51. The van der Waals surface area contributed by atoms with Gasteiger partial charge in [0.15, 0.2) is 0 Å². The van der Waals surface area contributed by atoms with Gasteiger partial charge in [-0.1, -0.05) is 15.9 Å². The second-order valence-electron chi connectivity index (χ2n) is 5.19. The van der Waals surface area contributed by atoms with Crippen LogP contribution in [0, 0.1) is 5.92 Å². The summed E-state index contributed by atoms with van der Waals surface area (Å²) in [6.07, 6.45) is 3.44. The van der Waals surface area contributed by atoms with Crippen LogP contribution in [0.3, 0.4) is 0 Å². The van der Waals surface area contributed by atoms with Crippen LogP contribution in [0.5, 0.6) is 5.75 Å². The van der Waals surface area contributed by atoms with E-state index in [9.17, 15) is 0 Å². The molecule has 0 bridgehead atoms. The average Bonchev–Trinajstić information content (AvgIpc) is 3.27. The molecule has 1 saturated carbocycles. The fourth-order valence-corrected chi connectivity index (χ4v) is 3.02. The van der Waals surface area contributed by atoms with E-state index in [2.05, 4.69) is 27.4 Å². The van der Waals surface area contributed by atoms with Crippen LogP contribution < -0.4 is 16.0 Å². The number of rotatable bonds is 8. The maximum Gasteiger partial charge on any atom is 0.122 e. The number of ether oxygens (including phenoxy) is 2. The zero-order valence-electron chi connectivity index (χ0n) is 12.1. The van der Waals surface area contributed by atoms with Crippen molar-refractivity contribution in [2.45, 2.75) is 38.3 Å². The Morgan fingerprint density at radius 2 is 2.20 bits per heavy atom. The Bertz CT molecular complexity index is 438. The molecule has 2 atom stereocenters. The van der Waals surface area contributed by atoms with E-state index in [-0.39, 0.29) is 12.1 Å². The van der Waals surface area contributed by atoms with E-state index in [0.29, 0.717) is 5.92 Å². The van der Waals surface area contributed by atoms with E-state index < -0.39 is 0 Å². The number of hydrogen-bond donors (Lipinski definition) is 2.